The SMILES string of the molecule is CC(C)(C)c1ccc2c(c1)B1c3cc(C(C)(C)C)cc4c3N(c3cc(N5c6ccccc6C6(C)CCCCC56C)cc(c31)N2c1cccc2c1oc1ccccc12)c1cccc2c1C4(C)c1ccccc1-2. The van der Waals surface area contributed by atoms with E-state index in [2.05, 4.69) is 229 Å². The summed E-state index contributed by atoms with van der Waals surface area (Å²) in [5, 5.41) is 2.28. The van der Waals surface area contributed by atoms with Crippen LogP contribution in [0.1, 0.15) is 121 Å². The Morgan fingerprint density at radius 2 is 1.15 bits per heavy atom. The number of anilines is 8. The third-order valence-electron chi connectivity index (χ3n) is 18.8. The van der Waals surface area contributed by atoms with Gasteiger partial charge in [-0.2, -0.15) is 0 Å². The highest BCUT2D eigenvalue weighted by Crippen LogP contribution is 2.65. The molecule has 2 aliphatic carbocycles. The maximum absolute atomic E-state index is 7.05. The third-order valence-corrected chi connectivity index (χ3v) is 18.8. The highest BCUT2D eigenvalue weighted by molar-refractivity contribution is 7.00. The Morgan fingerprint density at radius 1 is 0.507 bits per heavy atom. The van der Waals surface area contributed by atoms with E-state index in [-0.39, 0.29) is 33.9 Å². The maximum atomic E-state index is 7.05. The summed E-state index contributed by atoms with van der Waals surface area (Å²) in [5.41, 5.74) is 26.3. The van der Waals surface area contributed by atoms with E-state index < -0.39 is 0 Å². The summed E-state index contributed by atoms with van der Waals surface area (Å²) in [6, 6.07) is 58.9. The number of benzene rings is 8. The Labute approximate surface area is 419 Å². The van der Waals surface area contributed by atoms with Gasteiger partial charge in [0.2, 0.25) is 0 Å². The van der Waals surface area contributed by atoms with Gasteiger partial charge < -0.3 is 19.1 Å². The molecule has 4 nitrogen and oxygen atoms in total. The minimum Gasteiger partial charge on any atom is -0.454 e. The lowest BCUT2D eigenvalue weighted by Gasteiger charge is -2.52. The third kappa shape index (κ3) is 5.08. The van der Waals surface area contributed by atoms with Gasteiger partial charge in [-0.15, -0.1) is 0 Å². The summed E-state index contributed by atoms with van der Waals surface area (Å²) in [5.74, 6) is 0. The van der Waals surface area contributed by atoms with Crippen LogP contribution >= 0.6 is 0 Å². The van der Waals surface area contributed by atoms with Gasteiger partial charge in [-0.1, -0.05) is 171 Å². The first-order chi connectivity index (χ1) is 34.1. The fraction of sp³-hybridized carbons (Fsp3) is 0.273. The van der Waals surface area contributed by atoms with Crippen LogP contribution in [0.4, 0.5) is 45.5 Å². The highest BCUT2D eigenvalue weighted by atomic mass is 16.3. The second-order valence-corrected chi connectivity index (χ2v) is 24.5. The second-order valence-electron chi connectivity index (χ2n) is 24.5. The van der Waals surface area contributed by atoms with E-state index in [1.807, 2.05) is 0 Å². The van der Waals surface area contributed by atoms with E-state index in [4.69, 9.17) is 4.42 Å². The van der Waals surface area contributed by atoms with Gasteiger partial charge in [0, 0.05) is 55.7 Å². The van der Waals surface area contributed by atoms with E-state index in [1.54, 1.807) is 0 Å². The molecule has 9 aromatic rings. The summed E-state index contributed by atoms with van der Waals surface area (Å²) in [4.78, 5) is 8.14. The van der Waals surface area contributed by atoms with Crippen molar-refractivity contribution in [2.45, 2.75) is 115 Å². The van der Waals surface area contributed by atoms with Crippen molar-refractivity contribution in [3.8, 4) is 11.1 Å². The van der Waals surface area contributed by atoms with Crippen molar-refractivity contribution in [1.29, 1.82) is 0 Å². The van der Waals surface area contributed by atoms with Crippen LogP contribution in [0.15, 0.2) is 156 Å². The molecule has 15 rings (SSSR count). The Bertz CT molecular complexity index is 3850. The van der Waals surface area contributed by atoms with Crippen molar-refractivity contribution >= 4 is 90.5 Å². The number of hydrogen-bond acceptors (Lipinski definition) is 4. The quantitative estimate of drug-likeness (QED) is 0.161. The fourth-order valence-electron chi connectivity index (χ4n) is 15.1. The molecule has 4 aliphatic heterocycles. The van der Waals surface area contributed by atoms with Crippen molar-refractivity contribution in [2.75, 3.05) is 14.7 Å². The lowest BCUT2D eigenvalue weighted by molar-refractivity contribution is 0.195. The van der Waals surface area contributed by atoms with E-state index in [0.717, 1.165) is 34.0 Å². The molecule has 6 aliphatic rings. The molecule has 8 aromatic carbocycles. The van der Waals surface area contributed by atoms with Gasteiger partial charge >= 0.3 is 0 Å². The van der Waals surface area contributed by atoms with Crippen LogP contribution < -0.4 is 31.1 Å². The monoisotopic (exact) mass is 921 g/mol. The van der Waals surface area contributed by atoms with Gasteiger partial charge in [0.25, 0.3) is 6.71 Å². The van der Waals surface area contributed by atoms with E-state index in [0.29, 0.717) is 0 Å². The number of rotatable bonds is 2. The molecule has 0 saturated heterocycles. The van der Waals surface area contributed by atoms with Crippen LogP contribution in [0.2, 0.25) is 0 Å². The number of nitrogens with zero attached hydrogens (tertiary/aromatic N) is 3. The normalized spacial score (nSPS) is 22.0. The Hall–Kier alpha value is -6.98. The van der Waals surface area contributed by atoms with Crippen LogP contribution in [0.3, 0.4) is 0 Å². The van der Waals surface area contributed by atoms with Gasteiger partial charge in [0.1, 0.15) is 5.58 Å². The lowest BCUT2D eigenvalue weighted by Crippen LogP contribution is -2.63. The van der Waals surface area contributed by atoms with Crippen LogP contribution in [0.5, 0.6) is 0 Å². The smallest absolute Gasteiger partial charge is 0.252 e. The largest absolute Gasteiger partial charge is 0.454 e. The number of hydrogen-bond donors (Lipinski definition) is 0. The van der Waals surface area contributed by atoms with Crippen LogP contribution in [-0.4, -0.2) is 12.3 Å². The zero-order valence-corrected chi connectivity index (χ0v) is 42.6. The first kappa shape index (κ1) is 41.8. The molecule has 0 radical (unpaired) electrons. The predicted octanol–water partition coefficient (Wildman–Crippen LogP) is 15.7. The first-order valence-corrected chi connectivity index (χ1v) is 26.3. The number of para-hydroxylation sites is 3. The molecule has 0 amide bonds. The molecule has 1 fully saturated rings. The molecular weight excluding hydrogens is 862 g/mol. The summed E-state index contributed by atoms with van der Waals surface area (Å²) in [6.45, 7) is 21.9. The maximum Gasteiger partial charge on any atom is 0.252 e. The van der Waals surface area contributed by atoms with Crippen LogP contribution in [-0.2, 0) is 21.7 Å². The minimum atomic E-state index is -0.360. The van der Waals surface area contributed by atoms with Crippen LogP contribution in [0, 0.1) is 0 Å². The molecule has 5 heterocycles. The van der Waals surface area contributed by atoms with Crippen molar-refractivity contribution in [1.82, 2.24) is 0 Å². The lowest BCUT2D eigenvalue weighted by atomic mass is 9.32. The van der Waals surface area contributed by atoms with Gasteiger partial charge in [-0.3, -0.25) is 0 Å². The van der Waals surface area contributed by atoms with E-state index in [1.165, 1.54) is 120 Å². The van der Waals surface area contributed by atoms with Crippen LogP contribution in [0.25, 0.3) is 33.1 Å². The minimum absolute atomic E-state index is 0.00484. The van der Waals surface area contributed by atoms with E-state index in [9.17, 15) is 0 Å². The van der Waals surface area contributed by atoms with Crippen molar-refractivity contribution in [3.05, 3.63) is 185 Å². The standard InChI is InChI=1S/C66H60BN3O/c1-62(2,3)39-30-31-52-49(35-39)67-50-36-40(63(4,5)6)34-48-60(50)69(53-27-18-22-44-42-20-10-12-24-46(42)66(48,9)58(44)53)56-38-41(70-51-26-14-13-25-47(51)64(7)32-16-17-33-65(64,70)8)37-55(59(56)67)68(52)54-28-19-23-45-43-21-11-15-29-57(43)71-61(45)54/h10-15,18-31,34-38H,16-17,32-33H2,1-9H3. The van der Waals surface area contributed by atoms with Gasteiger partial charge in [0.15, 0.2) is 5.58 Å². The molecule has 3 unspecified atom stereocenters. The summed E-state index contributed by atoms with van der Waals surface area (Å²) in [7, 11) is 0. The van der Waals surface area contributed by atoms with Gasteiger partial charge in [0.05, 0.1) is 16.9 Å². The second kappa shape index (κ2) is 13.5. The highest BCUT2D eigenvalue weighted by Gasteiger charge is 2.59. The average molecular weight is 922 g/mol. The Balaban J connectivity index is 1.13. The summed E-state index contributed by atoms with van der Waals surface area (Å²) < 4.78 is 7.05. The molecule has 5 heteroatoms. The molecular formula is C66H60BN3O. The molecule has 3 atom stereocenters. The van der Waals surface area contributed by atoms with Crippen molar-refractivity contribution in [3.63, 3.8) is 0 Å². The Morgan fingerprint density at radius 3 is 1.97 bits per heavy atom. The molecule has 348 valence electrons. The van der Waals surface area contributed by atoms with E-state index >= 15 is 0 Å². The zero-order chi connectivity index (χ0) is 48.3. The van der Waals surface area contributed by atoms with Crippen molar-refractivity contribution < 1.29 is 4.42 Å². The molecule has 0 bridgehead atoms. The van der Waals surface area contributed by atoms with Gasteiger partial charge in [-0.25, -0.2) is 0 Å². The van der Waals surface area contributed by atoms with Crippen molar-refractivity contribution in [2.24, 2.45) is 0 Å². The molecule has 1 saturated carbocycles. The average Bonchev–Trinajstić information content (AvgIpc) is 3.95. The fourth-order valence-corrected chi connectivity index (χ4v) is 15.1. The molecule has 71 heavy (non-hydrogen) atoms. The Kier molecular flexibility index (Phi) is 7.94. The summed E-state index contributed by atoms with van der Waals surface area (Å²) >= 11 is 0. The summed E-state index contributed by atoms with van der Waals surface area (Å²) in [6.07, 6.45) is 4.77. The molecule has 0 spiro atoms. The molecule has 0 N–H and O–H groups in total. The van der Waals surface area contributed by atoms with Gasteiger partial charge in [-0.05, 0) is 141 Å². The predicted molar refractivity (Wildman–Crippen MR) is 299 cm³/mol. The zero-order valence-electron chi connectivity index (χ0n) is 42.6. The first-order valence-electron chi connectivity index (χ1n) is 26.3. The molecule has 1 aromatic heterocycles. The number of furan rings is 1. The number of fused-ring (bicyclic) bond motifs is 15. The topological polar surface area (TPSA) is 22.9 Å².